The summed E-state index contributed by atoms with van der Waals surface area (Å²) in [6.45, 7) is 2.08. The molecule has 2 aromatic rings. The van der Waals surface area contributed by atoms with Crippen molar-refractivity contribution in [2.75, 3.05) is 44.4 Å². The summed E-state index contributed by atoms with van der Waals surface area (Å²) in [7, 11) is 3.99. The molecule has 0 fully saturated rings. The van der Waals surface area contributed by atoms with Crippen LogP contribution < -0.4 is 16.0 Å². The van der Waals surface area contributed by atoms with Crippen molar-refractivity contribution < 1.29 is 9.59 Å². The van der Waals surface area contributed by atoms with Crippen molar-refractivity contribution in [3.8, 4) is 0 Å². The van der Waals surface area contributed by atoms with Crippen LogP contribution in [0.1, 0.15) is 35.2 Å². The lowest BCUT2D eigenvalue weighted by Crippen LogP contribution is -2.33. The van der Waals surface area contributed by atoms with E-state index in [0.717, 1.165) is 49.1 Å². The Labute approximate surface area is 190 Å². The van der Waals surface area contributed by atoms with Crippen molar-refractivity contribution in [3.63, 3.8) is 0 Å². The fourth-order valence-corrected chi connectivity index (χ4v) is 4.76. The van der Waals surface area contributed by atoms with Gasteiger partial charge in [-0.2, -0.15) is 0 Å². The predicted molar refractivity (Wildman–Crippen MR) is 129 cm³/mol. The number of hydrogen-bond donors (Lipinski definition) is 2. The first kappa shape index (κ1) is 22.1. The van der Waals surface area contributed by atoms with Crippen LogP contribution in [0.3, 0.4) is 0 Å². The predicted octanol–water partition coefficient (Wildman–Crippen LogP) is 3.25. The van der Waals surface area contributed by atoms with Crippen molar-refractivity contribution in [1.29, 1.82) is 0 Å². The number of para-hydroxylation sites is 1. The Kier molecular flexibility index (Phi) is 6.33. The average Bonchev–Trinajstić information content (AvgIpc) is 3.11. The largest absolute Gasteiger partial charge is 0.399 e. The lowest BCUT2D eigenvalue weighted by atomic mass is 9.79. The normalized spacial score (nSPS) is 20.1. The maximum absolute atomic E-state index is 13.4. The van der Waals surface area contributed by atoms with Crippen LogP contribution in [0.5, 0.6) is 0 Å². The second-order valence-electron chi connectivity index (χ2n) is 9.23. The Morgan fingerprint density at radius 3 is 2.59 bits per heavy atom. The zero-order valence-corrected chi connectivity index (χ0v) is 18.9. The third kappa shape index (κ3) is 4.70. The Bertz CT molecular complexity index is 1030. The number of nitrogens with zero attached hydrogens (tertiary/aromatic N) is 2. The van der Waals surface area contributed by atoms with Crippen LogP contribution in [0, 0.1) is 5.41 Å². The topological polar surface area (TPSA) is 78.7 Å². The van der Waals surface area contributed by atoms with Crippen LogP contribution in [0.15, 0.2) is 60.2 Å². The molecular formula is C26H32N4O2. The van der Waals surface area contributed by atoms with Gasteiger partial charge in [-0.05, 0) is 81.1 Å². The summed E-state index contributed by atoms with van der Waals surface area (Å²) in [4.78, 5) is 30.0. The first-order valence-electron chi connectivity index (χ1n) is 11.3. The van der Waals surface area contributed by atoms with E-state index < -0.39 is 0 Å². The summed E-state index contributed by atoms with van der Waals surface area (Å²) in [6, 6.07) is 15.2. The van der Waals surface area contributed by atoms with Crippen LogP contribution >= 0.6 is 0 Å². The molecule has 0 bridgehead atoms. The van der Waals surface area contributed by atoms with Crippen molar-refractivity contribution in [1.82, 2.24) is 10.2 Å². The number of nitrogen functional groups attached to an aromatic ring is 1. The average molecular weight is 433 g/mol. The molecule has 3 N–H and O–H groups in total. The van der Waals surface area contributed by atoms with E-state index >= 15 is 0 Å². The molecule has 1 spiro atoms. The minimum atomic E-state index is -0.0968. The van der Waals surface area contributed by atoms with Gasteiger partial charge >= 0.3 is 0 Å². The number of amides is 2. The third-order valence-corrected chi connectivity index (χ3v) is 6.57. The number of nitrogens with two attached hydrogens (primary N) is 1. The third-order valence-electron chi connectivity index (χ3n) is 6.57. The van der Waals surface area contributed by atoms with Crippen molar-refractivity contribution in [2.45, 2.75) is 25.7 Å². The van der Waals surface area contributed by atoms with E-state index in [4.69, 9.17) is 5.73 Å². The summed E-state index contributed by atoms with van der Waals surface area (Å²) < 4.78 is 0. The molecule has 2 amide bonds. The second kappa shape index (κ2) is 9.17. The quantitative estimate of drug-likeness (QED) is 0.711. The van der Waals surface area contributed by atoms with Crippen molar-refractivity contribution in [3.05, 3.63) is 71.3 Å². The summed E-state index contributed by atoms with van der Waals surface area (Å²) in [5.74, 6) is 0.0224. The highest BCUT2D eigenvalue weighted by Gasteiger charge is 2.39. The van der Waals surface area contributed by atoms with E-state index in [-0.39, 0.29) is 17.2 Å². The minimum Gasteiger partial charge on any atom is -0.399 e. The van der Waals surface area contributed by atoms with Gasteiger partial charge in [-0.15, -0.1) is 0 Å². The van der Waals surface area contributed by atoms with E-state index in [1.807, 2.05) is 37.2 Å². The van der Waals surface area contributed by atoms with Crippen LogP contribution in [0.25, 0.3) is 0 Å². The van der Waals surface area contributed by atoms with Crippen LogP contribution in [-0.2, 0) is 11.2 Å². The van der Waals surface area contributed by atoms with E-state index in [2.05, 4.69) is 22.4 Å². The highest BCUT2D eigenvalue weighted by molar-refractivity contribution is 6.06. The molecule has 6 nitrogen and oxygen atoms in total. The van der Waals surface area contributed by atoms with Crippen molar-refractivity contribution >= 4 is 23.2 Å². The summed E-state index contributed by atoms with van der Waals surface area (Å²) >= 11 is 0. The van der Waals surface area contributed by atoms with Gasteiger partial charge in [-0.1, -0.05) is 24.3 Å². The molecule has 1 aliphatic heterocycles. The number of carbonyl (C=O) groups excluding carboxylic acids is 2. The standard InChI is InChI=1S/C26H32N4O2/c1-29(2)16-14-28-24(31)21-11-12-26(18-21)13-15-30(23-6-4-3-5-20(23)17-26)25(32)19-7-9-22(27)10-8-19/h3-10,18H,11-17,27H2,1-2H3,(H,28,31). The zero-order chi connectivity index (χ0) is 22.7. The molecule has 6 heteroatoms. The monoisotopic (exact) mass is 432 g/mol. The highest BCUT2D eigenvalue weighted by atomic mass is 16.2. The number of rotatable bonds is 5. The summed E-state index contributed by atoms with van der Waals surface area (Å²) in [5.41, 5.74) is 9.97. The molecule has 0 saturated carbocycles. The Balaban J connectivity index is 1.56. The van der Waals surface area contributed by atoms with Gasteiger partial charge in [0.05, 0.1) is 0 Å². The number of likely N-dealkylation sites (N-methyl/N-ethyl adjacent to an activating group) is 1. The number of hydrogen-bond acceptors (Lipinski definition) is 4. The van der Waals surface area contributed by atoms with Crippen LogP contribution in [0.4, 0.5) is 11.4 Å². The number of anilines is 2. The molecule has 2 aromatic carbocycles. The summed E-state index contributed by atoms with van der Waals surface area (Å²) in [6.07, 6.45) is 5.57. The lowest BCUT2D eigenvalue weighted by Gasteiger charge is -2.26. The van der Waals surface area contributed by atoms with Gasteiger partial charge in [0.1, 0.15) is 0 Å². The number of allylic oxidation sites excluding steroid dienone is 1. The number of fused-ring (bicyclic) bond motifs is 1. The molecule has 0 radical (unpaired) electrons. The highest BCUT2D eigenvalue weighted by Crippen LogP contribution is 2.46. The first-order valence-corrected chi connectivity index (χ1v) is 11.3. The Morgan fingerprint density at radius 2 is 1.84 bits per heavy atom. The maximum Gasteiger partial charge on any atom is 0.258 e. The fourth-order valence-electron chi connectivity index (χ4n) is 4.76. The zero-order valence-electron chi connectivity index (χ0n) is 18.9. The smallest absolute Gasteiger partial charge is 0.258 e. The molecule has 2 aliphatic rings. The molecule has 0 saturated heterocycles. The number of nitrogens with one attached hydrogen (secondary N) is 1. The second-order valence-corrected chi connectivity index (χ2v) is 9.23. The van der Waals surface area contributed by atoms with E-state index in [1.165, 1.54) is 0 Å². The SMILES string of the molecule is CN(C)CCNC(=O)C1=CC2(CC1)CCN(C(=O)c1ccc(N)cc1)c1ccccc1C2. The molecule has 0 aromatic heterocycles. The number of benzene rings is 2. The van der Waals surface area contributed by atoms with Gasteiger partial charge in [0.2, 0.25) is 5.91 Å². The number of carbonyl (C=O) groups is 2. The van der Waals surface area contributed by atoms with Gasteiger partial charge in [0, 0.05) is 42.1 Å². The Hall–Kier alpha value is -3.12. The van der Waals surface area contributed by atoms with E-state index in [9.17, 15) is 9.59 Å². The molecule has 4 rings (SSSR count). The molecule has 1 aliphatic carbocycles. The van der Waals surface area contributed by atoms with Gasteiger partial charge < -0.3 is 20.9 Å². The molecule has 1 heterocycles. The first-order chi connectivity index (χ1) is 15.4. The minimum absolute atomic E-state index is 0.0156. The van der Waals surface area contributed by atoms with Gasteiger partial charge in [0.15, 0.2) is 0 Å². The fraction of sp³-hybridized carbons (Fsp3) is 0.385. The maximum atomic E-state index is 13.4. The molecule has 32 heavy (non-hydrogen) atoms. The van der Waals surface area contributed by atoms with E-state index in [0.29, 0.717) is 24.3 Å². The molecule has 1 unspecified atom stereocenters. The molecule has 168 valence electrons. The summed E-state index contributed by atoms with van der Waals surface area (Å²) in [5, 5.41) is 3.04. The van der Waals surface area contributed by atoms with Gasteiger partial charge in [0.25, 0.3) is 5.91 Å². The lowest BCUT2D eigenvalue weighted by molar-refractivity contribution is -0.117. The Morgan fingerprint density at radius 1 is 1.09 bits per heavy atom. The van der Waals surface area contributed by atoms with E-state index in [1.54, 1.807) is 24.3 Å². The molecule has 1 atom stereocenters. The van der Waals surface area contributed by atoms with Gasteiger partial charge in [-0.3, -0.25) is 9.59 Å². The molecular weight excluding hydrogens is 400 g/mol. The van der Waals surface area contributed by atoms with Crippen molar-refractivity contribution in [2.24, 2.45) is 5.41 Å². The van der Waals surface area contributed by atoms with Gasteiger partial charge in [-0.25, -0.2) is 0 Å². The van der Waals surface area contributed by atoms with Crippen LogP contribution in [-0.4, -0.2) is 50.4 Å². The van der Waals surface area contributed by atoms with Crippen LogP contribution in [0.2, 0.25) is 0 Å².